The van der Waals surface area contributed by atoms with Gasteiger partial charge in [-0.1, -0.05) is 0 Å². The first-order valence-corrected chi connectivity index (χ1v) is 21.9. The van der Waals surface area contributed by atoms with Crippen LogP contribution in [0, 0.1) is 11.8 Å². The van der Waals surface area contributed by atoms with E-state index in [1.165, 1.54) is 72.2 Å². The molecule has 0 nitrogen and oxygen atoms in total. The van der Waals surface area contributed by atoms with Crippen molar-refractivity contribution in [3.8, 4) is 22.3 Å². The van der Waals surface area contributed by atoms with E-state index in [-0.39, 0.29) is 24.8 Å². The maximum Gasteiger partial charge on any atom is -1.00 e. The molecule has 1 saturated carbocycles. The van der Waals surface area contributed by atoms with Crippen LogP contribution in [0.1, 0.15) is 95.2 Å². The normalized spacial score (nSPS) is 23.2. The Bertz CT molecular complexity index is 1910. The van der Waals surface area contributed by atoms with Gasteiger partial charge in [0.1, 0.15) is 0 Å². The molecule has 3 aliphatic carbocycles. The van der Waals surface area contributed by atoms with Crippen molar-refractivity contribution < 1.29 is 67.7 Å². The summed E-state index contributed by atoms with van der Waals surface area (Å²) >= 11 is -3.06. The van der Waals surface area contributed by atoms with Gasteiger partial charge in [0.2, 0.25) is 0 Å². The van der Waals surface area contributed by atoms with Crippen LogP contribution in [0.25, 0.3) is 34.4 Å². The molecule has 0 bridgehead atoms. The van der Waals surface area contributed by atoms with Gasteiger partial charge in [0.15, 0.2) is 0 Å². The molecule has 1 aliphatic heterocycles. The number of allylic oxidation sites excluding steroid dienone is 2. The third kappa shape index (κ3) is 6.48. The van der Waals surface area contributed by atoms with Crippen LogP contribution >= 0.6 is 0 Å². The molecule has 2 fully saturated rings. The van der Waals surface area contributed by atoms with Crippen molar-refractivity contribution in [1.29, 1.82) is 0 Å². The molecule has 4 aromatic carbocycles. The second-order valence-electron chi connectivity index (χ2n) is 15.7. The topological polar surface area (TPSA) is 0 Å². The van der Waals surface area contributed by atoms with Gasteiger partial charge in [0.05, 0.1) is 0 Å². The fourth-order valence-electron chi connectivity index (χ4n) is 10.4. The molecular weight excluding hydrogens is 761 g/mol. The Morgan fingerprint density at radius 1 is 0.528 bits per heavy atom. The molecule has 1 saturated heterocycles. The van der Waals surface area contributed by atoms with Crippen molar-refractivity contribution >= 4 is 12.2 Å². The first-order chi connectivity index (χ1) is 24.2. The summed E-state index contributed by atoms with van der Waals surface area (Å²) in [5.41, 5.74) is 10.2. The number of benzene rings is 4. The second kappa shape index (κ2) is 14.4. The summed E-state index contributed by atoms with van der Waals surface area (Å²) in [5.74, 6) is 0.609. The zero-order valence-corrected chi connectivity index (χ0v) is 33.1. The average molecular weight is 804 g/mol. The molecule has 53 heavy (non-hydrogen) atoms. The summed E-state index contributed by atoms with van der Waals surface area (Å²) in [6, 6.07) is 24.1. The standard InChI is InChI=1S/2C19H16F3.C6H10.2ClH.Ti/c2*1-12(2)15-10-14-4-3-5-17(18(14)11-15)13-6-8-16(9-7-13)19(20,21)22;1-2-4-6-5-3-1;;;/h2*3-12H,1-2H3;1-2H,3-6H2;2*1H;/q;;;;;+2/p-2. The number of hydrogen-bond acceptors (Lipinski definition) is 0. The molecule has 4 atom stereocenters. The smallest absolute Gasteiger partial charge is 1.00 e. The van der Waals surface area contributed by atoms with Crippen molar-refractivity contribution in [2.45, 2.75) is 82.6 Å². The van der Waals surface area contributed by atoms with E-state index in [0.717, 1.165) is 33.4 Å². The number of halogens is 8. The van der Waals surface area contributed by atoms with Crippen molar-refractivity contribution in [2.24, 2.45) is 11.8 Å². The van der Waals surface area contributed by atoms with Gasteiger partial charge in [-0.05, 0) is 0 Å². The Morgan fingerprint density at radius 2 is 0.887 bits per heavy atom. The van der Waals surface area contributed by atoms with Crippen LogP contribution in [-0.4, -0.2) is 0 Å². The van der Waals surface area contributed by atoms with E-state index in [2.05, 4.69) is 76.2 Å². The number of rotatable bonds is 6. The van der Waals surface area contributed by atoms with Gasteiger partial charge in [-0.25, -0.2) is 0 Å². The van der Waals surface area contributed by atoms with Crippen LogP contribution in [0.3, 0.4) is 0 Å². The minimum Gasteiger partial charge on any atom is -1.00 e. The van der Waals surface area contributed by atoms with Crippen LogP contribution in [-0.2, 0) is 28.9 Å². The molecule has 0 amide bonds. The molecule has 9 heteroatoms. The van der Waals surface area contributed by atoms with Gasteiger partial charge in [-0.15, -0.1) is 0 Å². The molecule has 278 valence electrons. The van der Waals surface area contributed by atoms with Gasteiger partial charge in [0.25, 0.3) is 0 Å². The van der Waals surface area contributed by atoms with E-state index in [1.54, 1.807) is 24.3 Å². The predicted octanol–water partition coefficient (Wildman–Crippen LogP) is 8.27. The quantitative estimate of drug-likeness (QED) is 0.136. The molecule has 0 N–H and O–H groups in total. The van der Waals surface area contributed by atoms with Crippen molar-refractivity contribution in [3.05, 3.63) is 129 Å². The molecule has 0 aromatic heterocycles. The van der Waals surface area contributed by atoms with Gasteiger partial charge in [-0.2, -0.15) is 0 Å². The first-order valence-electron chi connectivity index (χ1n) is 18.3. The van der Waals surface area contributed by atoms with Crippen LogP contribution < -0.4 is 24.8 Å². The fraction of sp³-hybridized carbons (Fsp3) is 0.364. The molecule has 4 aromatic rings. The first kappa shape index (κ1) is 39.9. The van der Waals surface area contributed by atoms with E-state index < -0.39 is 40.1 Å². The third-order valence-electron chi connectivity index (χ3n) is 12.5. The van der Waals surface area contributed by atoms with Crippen molar-refractivity contribution in [2.75, 3.05) is 0 Å². The average Bonchev–Trinajstić information content (AvgIpc) is 3.36. The SMILES string of the molecule is CC(C)C1=Cc2c(-c3ccc(C(F)(F)F)cc3)cccc2[CH]1[Ti+2]1([CH]2C(C(C)C)=Cc3c(-c4ccc(C(F)(F)F)cc4)cccc32)[CH]2CCCC[CH]21.[Cl-].[Cl-]. The molecular formula is C44H42Cl2F6Ti. The zero-order valence-electron chi connectivity index (χ0n) is 30.1. The Balaban J connectivity index is 0.00000240. The summed E-state index contributed by atoms with van der Waals surface area (Å²) in [6.07, 6.45) is 0.983. The maximum atomic E-state index is 13.5. The van der Waals surface area contributed by atoms with Gasteiger partial charge in [0, 0.05) is 0 Å². The van der Waals surface area contributed by atoms with E-state index >= 15 is 0 Å². The minimum absolute atomic E-state index is 0. The van der Waals surface area contributed by atoms with Gasteiger partial charge < -0.3 is 24.8 Å². The van der Waals surface area contributed by atoms with Crippen molar-refractivity contribution in [3.63, 3.8) is 0 Å². The number of alkyl halides is 6. The molecule has 1 heterocycles. The minimum atomic E-state index is -4.39. The maximum absolute atomic E-state index is 13.5. The third-order valence-corrected chi connectivity index (χ3v) is 23.2. The molecule has 4 unspecified atom stereocenters. The van der Waals surface area contributed by atoms with E-state index in [0.29, 0.717) is 28.7 Å². The molecule has 8 rings (SSSR count). The second-order valence-corrected chi connectivity index (χ2v) is 23.0. The predicted molar refractivity (Wildman–Crippen MR) is 191 cm³/mol. The monoisotopic (exact) mass is 802 g/mol. The summed E-state index contributed by atoms with van der Waals surface area (Å²) < 4.78 is 83.0. The molecule has 0 spiro atoms. The fourth-order valence-corrected chi connectivity index (χ4v) is 25.0. The summed E-state index contributed by atoms with van der Waals surface area (Å²) in [4.78, 5) is 0. The van der Waals surface area contributed by atoms with Crippen LogP contribution in [0.4, 0.5) is 26.3 Å². The van der Waals surface area contributed by atoms with Crippen molar-refractivity contribution in [1.82, 2.24) is 0 Å². The van der Waals surface area contributed by atoms with E-state index in [9.17, 15) is 26.3 Å². The Morgan fingerprint density at radius 3 is 1.21 bits per heavy atom. The van der Waals surface area contributed by atoms with E-state index in [4.69, 9.17) is 0 Å². The number of fused-ring (bicyclic) bond motifs is 3. The largest absolute Gasteiger partial charge is 1.00 e. The van der Waals surface area contributed by atoms with Crippen LogP contribution in [0.2, 0.25) is 8.45 Å². The number of hydrogen-bond donors (Lipinski definition) is 0. The Hall–Kier alpha value is -2.77. The van der Waals surface area contributed by atoms with Gasteiger partial charge in [-0.3, -0.25) is 0 Å². The van der Waals surface area contributed by atoms with Gasteiger partial charge >= 0.3 is 301 Å². The summed E-state index contributed by atoms with van der Waals surface area (Å²) in [5, 5.41) is 0. The molecule has 4 aliphatic rings. The van der Waals surface area contributed by atoms with E-state index in [1.807, 2.05) is 0 Å². The Kier molecular flexibility index (Phi) is 10.8. The molecule has 0 radical (unpaired) electrons. The zero-order chi connectivity index (χ0) is 36.0. The Labute approximate surface area is 324 Å². The summed E-state index contributed by atoms with van der Waals surface area (Å²) in [7, 11) is 0. The van der Waals surface area contributed by atoms with Crippen LogP contribution in [0.5, 0.6) is 0 Å². The van der Waals surface area contributed by atoms with Crippen LogP contribution in [0.15, 0.2) is 96.1 Å². The summed E-state index contributed by atoms with van der Waals surface area (Å²) in [6.45, 7) is 9.15.